The fourth-order valence-corrected chi connectivity index (χ4v) is 7.46. The van der Waals surface area contributed by atoms with Crippen LogP contribution in [0.3, 0.4) is 0 Å². The SMILES string of the molecule is C/C=C/C(=O)C[C@H]1CC[C@H](C)[C@H](CC(=O)NC[C@H](O)[C@H](C)C(=O)NCCC[C@H]2O[C@@]3(CCC[C@@H](CC[C@H](C)/C=C(\C)C(C)=O)O3)CC[C@@H]2C)O1. The van der Waals surface area contributed by atoms with Gasteiger partial charge in [0, 0.05) is 32.4 Å². The van der Waals surface area contributed by atoms with Gasteiger partial charge in [0.15, 0.2) is 17.4 Å². The van der Waals surface area contributed by atoms with Crippen LogP contribution >= 0.6 is 0 Å². The number of ether oxygens (including phenoxy) is 3. The third-order valence-corrected chi connectivity index (χ3v) is 11.1. The van der Waals surface area contributed by atoms with Crippen molar-refractivity contribution in [3.05, 3.63) is 23.8 Å². The van der Waals surface area contributed by atoms with Crippen LogP contribution in [0.25, 0.3) is 0 Å². The summed E-state index contributed by atoms with van der Waals surface area (Å²) in [6, 6.07) is 0. The van der Waals surface area contributed by atoms with E-state index in [0.717, 1.165) is 76.2 Å². The molecule has 0 aliphatic carbocycles. The number of amides is 2. The highest BCUT2D eigenvalue weighted by Crippen LogP contribution is 2.43. The molecule has 0 bridgehead atoms. The Labute approximate surface area is 300 Å². The van der Waals surface area contributed by atoms with Crippen molar-refractivity contribution in [3.8, 4) is 0 Å². The maximum atomic E-state index is 12.8. The highest BCUT2D eigenvalue weighted by molar-refractivity contribution is 5.92. The Bertz CT molecular complexity index is 1190. The number of Topliss-reactive ketones (excluding diaryl/α,β-unsaturated/α-hetero) is 1. The summed E-state index contributed by atoms with van der Waals surface area (Å²) in [6.45, 7) is 13.8. The van der Waals surface area contributed by atoms with Crippen LogP contribution in [0.15, 0.2) is 23.8 Å². The molecule has 10 heteroatoms. The minimum absolute atomic E-state index is 0.0206. The van der Waals surface area contributed by atoms with E-state index >= 15 is 0 Å². The molecular weight excluding hydrogens is 636 g/mol. The Hall–Kier alpha value is -2.40. The Morgan fingerprint density at radius 3 is 2.36 bits per heavy atom. The Morgan fingerprint density at radius 2 is 1.64 bits per heavy atom. The van der Waals surface area contributed by atoms with Crippen molar-refractivity contribution >= 4 is 23.4 Å². The van der Waals surface area contributed by atoms with E-state index in [1.807, 2.05) is 13.8 Å². The number of allylic oxidation sites excluding steroid dienone is 4. The van der Waals surface area contributed by atoms with Crippen molar-refractivity contribution in [2.75, 3.05) is 13.1 Å². The van der Waals surface area contributed by atoms with Crippen LogP contribution in [-0.2, 0) is 33.4 Å². The van der Waals surface area contributed by atoms with Crippen molar-refractivity contribution in [3.63, 3.8) is 0 Å². The summed E-state index contributed by atoms with van der Waals surface area (Å²) < 4.78 is 19.4. The second-order valence-corrected chi connectivity index (χ2v) is 15.5. The standard InChI is InChI=1S/C40H66N2O8/c1-8-11-32(44)23-34-17-15-27(3)37(48-34)24-38(46)42-25-35(45)30(6)39(47)41-21-10-13-36-28(4)18-20-40(50-36)19-9-12-33(49-40)16-14-26(2)22-29(5)31(7)43/h8,11,22,26-28,30,33-37,45H,9-10,12-21,23-25H2,1-7H3,(H,41,47)(H,42,46)/b11-8+,29-22+/t26-,27-,28-,30-,33-,34+,35-,36+,37-,40-/m0/s1. The molecule has 0 aromatic rings. The summed E-state index contributed by atoms with van der Waals surface area (Å²) in [6.07, 6.45) is 14.6. The van der Waals surface area contributed by atoms with Gasteiger partial charge in [0.25, 0.3) is 0 Å². The monoisotopic (exact) mass is 702 g/mol. The molecule has 0 radical (unpaired) electrons. The minimum atomic E-state index is -1.02. The number of carbonyl (C=O) groups excluding carboxylic acids is 4. The third-order valence-electron chi connectivity index (χ3n) is 11.1. The Morgan fingerprint density at radius 1 is 0.900 bits per heavy atom. The maximum Gasteiger partial charge on any atom is 0.225 e. The number of rotatable bonds is 18. The average Bonchev–Trinajstić information content (AvgIpc) is 3.07. The summed E-state index contributed by atoms with van der Waals surface area (Å²) in [5, 5.41) is 16.4. The van der Waals surface area contributed by atoms with Gasteiger partial charge < -0.3 is 30.0 Å². The topological polar surface area (TPSA) is 140 Å². The van der Waals surface area contributed by atoms with Crippen LogP contribution in [0.5, 0.6) is 0 Å². The van der Waals surface area contributed by atoms with Gasteiger partial charge in [-0.15, -0.1) is 0 Å². The van der Waals surface area contributed by atoms with E-state index in [1.165, 1.54) is 0 Å². The first-order chi connectivity index (χ1) is 23.7. The number of ketones is 2. The summed E-state index contributed by atoms with van der Waals surface area (Å²) in [4.78, 5) is 49.2. The lowest BCUT2D eigenvalue weighted by Gasteiger charge is -2.48. The Balaban J connectivity index is 1.36. The molecule has 3 rings (SSSR count). The largest absolute Gasteiger partial charge is 0.390 e. The van der Waals surface area contributed by atoms with Crippen molar-refractivity contribution in [2.45, 2.75) is 168 Å². The molecule has 10 nitrogen and oxygen atoms in total. The molecule has 0 aromatic carbocycles. The Kier molecular flexibility index (Phi) is 17.3. The normalized spacial score (nSPS) is 30.8. The number of nitrogens with one attached hydrogen (secondary N) is 2. The van der Waals surface area contributed by atoms with Gasteiger partial charge in [0.1, 0.15) is 0 Å². The van der Waals surface area contributed by atoms with Crippen LogP contribution in [0.1, 0.15) is 132 Å². The average molecular weight is 703 g/mol. The van der Waals surface area contributed by atoms with E-state index in [9.17, 15) is 24.3 Å². The zero-order valence-corrected chi connectivity index (χ0v) is 31.8. The molecule has 0 unspecified atom stereocenters. The van der Waals surface area contributed by atoms with E-state index in [-0.39, 0.29) is 66.7 Å². The van der Waals surface area contributed by atoms with Crippen LogP contribution in [-0.4, -0.2) is 77.9 Å². The molecule has 3 N–H and O–H groups in total. The second kappa shape index (κ2) is 20.6. The van der Waals surface area contributed by atoms with E-state index in [1.54, 1.807) is 32.9 Å². The van der Waals surface area contributed by atoms with Gasteiger partial charge in [-0.05, 0) is 108 Å². The fourth-order valence-electron chi connectivity index (χ4n) is 7.46. The number of aliphatic hydroxyl groups is 1. The van der Waals surface area contributed by atoms with Crippen molar-refractivity contribution in [1.82, 2.24) is 10.6 Å². The molecule has 1 spiro atoms. The van der Waals surface area contributed by atoms with E-state index in [2.05, 4.69) is 30.6 Å². The van der Waals surface area contributed by atoms with Crippen LogP contribution in [0.2, 0.25) is 0 Å². The maximum absolute atomic E-state index is 12.8. The lowest BCUT2D eigenvalue weighted by molar-refractivity contribution is -0.324. The van der Waals surface area contributed by atoms with Crippen LogP contribution in [0, 0.1) is 23.7 Å². The zero-order valence-electron chi connectivity index (χ0n) is 31.8. The van der Waals surface area contributed by atoms with Gasteiger partial charge in [-0.2, -0.15) is 0 Å². The lowest BCUT2D eigenvalue weighted by Crippen LogP contribution is -2.50. The van der Waals surface area contributed by atoms with E-state index < -0.39 is 17.8 Å². The van der Waals surface area contributed by atoms with Gasteiger partial charge in [-0.1, -0.05) is 39.8 Å². The van der Waals surface area contributed by atoms with E-state index in [0.29, 0.717) is 24.8 Å². The highest BCUT2D eigenvalue weighted by atomic mass is 16.7. The molecule has 10 atom stereocenters. The van der Waals surface area contributed by atoms with Crippen LogP contribution in [0.4, 0.5) is 0 Å². The smallest absolute Gasteiger partial charge is 0.225 e. The third kappa shape index (κ3) is 13.6. The molecule has 2 amide bonds. The molecule has 3 aliphatic rings. The summed E-state index contributed by atoms with van der Waals surface area (Å²) in [5.74, 6) is -0.658. The van der Waals surface area contributed by atoms with Gasteiger partial charge in [-0.25, -0.2) is 0 Å². The van der Waals surface area contributed by atoms with Gasteiger partial charge in [0.2, 0.25) is 11.8 Å². The highest BCUT2D eigenvalue weighted by Gasteiger charge is 2.44. The fraction of sp³-hybridized carbons (Fsp3) is 0.800. The predicted octanol–water partition coefficient (Wildman–Crippen LogP) is 6.14. The lowest BCUT2D eigenvalue weighted by atomic mass is 9.85. The summed E-state index contributed by atoms with van der Waals surface area (Å²) in [7, 11) is 0. The molecule has 3 aliphatic heterocycles. The van der Waals surface area contributed by atoms with Crippen molar-refractivity contribution in [1.29, 1.82) is 0 Å². The number of carbonyl (C=O) groups is 4. The number of hydrogen-bond donors (Lipinski definition) is 3. The van der Waals surface area contributed by atoms with Gasteiger partial charge >= 0.3 is 0 Å². The first-order valence-electron chi connectivity index (χ1n) is 19.3. The molecule has 50 heavy (non-hydrogen) atoms. The molecule has 0 aromatic heterocycles. The molecule has 3 fully saturated rings. The number of hydrogen-bond acceptors (Lipinski definition) is 8. The van der Waals surface area contributed by atoms with Gasteiger partial charge in [-0.3, -0.25) is 19.2 Å². The van der Waals surface area contributed by atoms with E-state index in [4.69, 9.17) is 14.2 Å². The first kappa shape index (κ1) is 42.0. The zero-order chi connectivity index (χ0) is 36.8. The summed E-state index contributed by atoms with van der Waals surface area (Å²) in [5.41, 5.74) is 0.818. The first-order valence-corrected chi connectivity index (χ1v) is 19.3. The predicted molar refractivity (Wildman–Crippen MR) is 194 cm³/mol. The second-order valence-electron chi connectivity index (χ2n) is 15.5. The molecule has 3 heterocycles. The van der Waals surface area contributed by atoms with Crippen LogP contribution < -0.4 is 10.6 Å². The molecule has 0 saturated carbocycles. The van der Waals surface area contributed by atoms with Crippen molar-refractivity contribution in [2.24, 2.45) is 23.7 Å². The number of aliphatic hydroxyl groups excluding tert-OH is 1. The summed E-state index contributed by atoms with van der Waals surface area (Å²) >= 11 is 0. The molecular formula is C40H66N2O8. The van der Waals surface area contributed by atoms with Gasteiger partial charge in [0.05, 0.1) is 42.9 Å². The molecule has 3 saturated heterocycles. The quantitative estimate of drug-likeness (QED) is 0.114. The van der Waals surface area contributed by atoms with Crippen molar-refractivity contribution < 1.29 is 38.5 Å². The minimum Gasteiger partial charge on any atom is -0.390 e. The molecule has 284 valence electrons.